The van der Waals surface area contributed by atoms with Gasteiger partial charge in [-0.05, 0) is 62.1 Å². The molecule has 0 radical (unpaired) electrons. The minimum absolute atomic E-state index is 0.689. The van der Waals surface area contributed by atoms with Crippen LogP contribution in [0.2, 0.25) is 0 Å². The van der Waals surface area contributed by atoms with E-state index in [1.54, 1.807) is 0 Å². The van der Waals surface area contributed by atoms with E-state index >= 15 is 0 Å². The van der Waals surface area contributed by atoms with Crippen LogP contribution in [-0.4, -0.2) is 24.8 Å². The van der Waals surface area contributed by atoms with Gasteiger partial charge in [-0.1, -0.05) is 25.8 Å². The van der Waals surface area contributed by atoms with Crippen molar-refractivity contribution in [2.24, 2.45) is 0 Å². The number of rotatable bonds is 11. The Morgan fingerprint density at radius 1 is 0.875 bits per heavy atom. The van der Waals surface area contributed by atoms with Crippen LogP contribution in [0.25, 0.3) is 11.3 Å². The molecule has 1 heterocycles. The van der Waals surface area contributed by atoms with Crippen molar-refractivity contribution in [3.05, 3.63) is 48.2 Å². The zero-order chi connectivity index (χ0) is 17.0. The van der Waals surface area contributed by atoms with E-state index < -0.39 is 0 Å². The van der Waals surface area contributed by atoms with E-state index in [-0.39, 0.29) is 0 Å². The third-order valence-corrected chi connectivity index (χ3v) is 3.93. The van der Waals surface area contributed by atoms with E-state index in [9.17, 15) is 0 Å². The van der Waals surface area contributed by atoms with Crippen LogP contribution < -0.4 is 4.74 Å². The van der Waals surface area contributed by atoms with Crippen LogP contribution in [0.5, 0.6) is 5.75 Å². The number of unbranched alkanes of at least 4 members (excludes halogenated alkanes) is 2. The maximum atomic E-state index is 5.65. The molecule has 1 aromatic heterocycles. The van der Waals surface area contributed by atoms with Crippen molar-refractivity contribution < 1.29 is 9.47 Å². The van der Waals surface area contributed by atoms with Crippen LogP contribution in [-0.2, 0) is 11.2 Å². The monoisotopic (exact) mass is 327 g/mol. The first kappa shape index (κ1) is 18.5. The van der Waals surface area contributed by atoms with Gasteiger partial charge in [0, 0.05) is 25.0 Å². The third kappa shape index (κ3) is 6.32. The Balaban J connectivity index is 1.76. The zero-order valence-corrected chi connectivity index (χ0v) is 15.0. The number of ether oxygens (including phenoxy) is 2. The highest BCUT2D eigenvalue weighted by atomic mass is 16.5. The van der Waals surface area contributed by atoms with E-state index in [2.05, 4.69) is 36.2 Å². The molecule has 0 bridgehead atoms. The topological polar surface area (TPSA) is 31.4 Å². The lowest BCUT2D eigenvalue weighted by Crippen LogP contribution is -1.99. The van der Waals surface area contributed by atoms with Gasteiger partial charge in [0.2, 0.25) is 0 Å². The number of nitrogens with zero attached hydrogens (tertiary/aromatic N) is 1. The summed E-state index contributed by atoms with van der Waals surface area (Å²) < 4.78 is 11.1. The first-order valence-corrected chi connectivity index (χ1v) is 9.09. The van der Waals surface area contributed by atoms with Gasteiger partial charge in [0.05, 0.1) is 12.3 Å². The van der Waals surface area contributed by atoms with Gasteiger partial charge in [0.25, 0.3) is 0 Å². The van der Waals surface area contributed by atoms with Crippen molar-refractivity contribution in [1.82, 2.24) is 4.98 Å². The molecule has 0 N–H and O–H groups in total. The van der Waals surface area contributed by atoms with Crippen molar-refractivity contribution in [2.75, 3.05) is 19.8 Å². The van der Waals surface area contributed by atoms with Crippen LogP contribution in [0.3, 0.4) is 0 Å². The van der Waals surface area contributed by atoms with Gasteiger partial charge in [-0.2, -0.15) is 0 Å². The summed E-state index contributed by atoms with van der Waals surface area (Å²) in [6.45, 7) is 6.62. The van der Waals surface area contributed by atoms with Gasteiger partial charge < -0.3 is 9.47 Å². The molecular formula is C21H29NO2. The van der Waals surface area contributed by atoms with Crippen molar-refractivity contribution in [3.63, 3.8) is 0 Å². The van der Waals surface area contributed by atoms with Crippen LogP contribution in [0.4, 0.5) is 0 Å². The van der Waals surface area contributed by atoms with Gasteiger partial charge in [0.15, 0.2) is 0 Å². The second kappa shape index (κ2) is 10.8. The lowest BCUT2D eigenvalue weighted by Gasteiger charge is -2.06. The molecule has 2 rings (SSSR count). The molecule has 0 spiro atoms. The molecule has 3 heteroatoms. The summed E-state index contributed by atoms with van der Waals surface area (Å²) in [6.07, 6.45) is 7.73. The largest absolute Gasteiger partial charge is 0.494 e. The van der Waals surface area contributed by atoms with E-state index in [1.807, 2.05) is 25.3 Å². The summed E-state index contributed by atoms with van der Waals surface area (Å²) >= 11 is 0. The molecule has 2 aromatic rings. The molecule has 0 aliphatic carbocycles. The number of hydrogen-bond donors (Lipinski definition) is 0. The van der Waals surface area contributed by atoms with Gasteiger partial charge in [-0.3, -0.25) is 4.98 Å². The summed E-state index contributed by atoms with van der Waals surface area (Å²) in [4.78, 5) is 4.58. The SMILES string of the molecule is CCCCCOCCCc1ccc(-c2ccc(OCC)cc2)nc1. The first-order chi connectivity index (χ1) is 11.8. The fraction of sp³-hybridized carbons (Fsp3) is 0.476. The lowest BCUT2D eigenvalue weighted by molar-refractivity contribution is 0.128. The third-order valence-electron chi connectivity index (χ3n) is 3.93. The average Bonchev–Trinajstić information content (AvgIpc) is 2.62. The normalized spacial score (nSPS) is 10.8. The van der Waals surface area contributed by atoms with Crippen LogP contribution >= 0.6 is 0 Å². The molecule has 1 aromatic carbocycles. The van der Waals surface area contributed by atoms with Gasteiger partial charge in [-0.15, -0.1) is 0 Å². The quantitative estimate of drug-likeness (QED) is 0.526. The predicted molar refractivity (Wildman–Crippen MR) is 99.5 cm³/mol. The Morgan fingerprint density at radius 3 is 2.33 bits per heavy atom. The van der Waals surface area contributed by atoms with Crippen molar-refractivity contribution in [3.8, 4) is 17.0 Å². The number of aryl methyl sites for hydroxylation is 1. The Bertz CT molecular complexity index is 563. The number of benzene rings is 1. The Morgan fingerprint density at radius 2 is 1.67 bits per heavy atom. The van der Waals surface area contributed by atoms with E-state index in [0.29, 0.717) is 6.61 Å². The predicted octanol–water partition coefficient (Wildman–Crippen LogP) is 5.29. The first-order valence-electron chi connectivity index (χ1n) is 9.09. The van der Waals surface area contributed by atoms with Crippen molar-refractivity contribution in [2.45, 2.75) is 46.0 Å². The molecule has 3 nitrogen and oxygen atoms in total. The molecular weight excluding hydrogens is 298 g/mol. The van der Waals surface area contributed by atoms with Crippen molar-refractivity contribution in [1.29, 1.82) is 0 Å². The molecule has 0 atom stereocenters. The molecule has 0 unspecified atom stereocenters. The lowest BCUT2D eigenvalue weighted by atomic mass is 10.1. The van der Waals surface area contributed by atoms with Crippen molar-refractivity contribution >= 4 is 0 Å². The molecule has 0 fully saturated rings. The molecule has 0 saturated heterocycles. The van der Waals surface area contributed by atoms with E-state index in [0.717, 1.165) is 43.1 Å². The van der Waals surface area contributed by atoms with Crippen LogP contribution in [0.15, 0.2) is 42.6 Å². The van der Waals surface area contributed by atoms with E-state index in [4.69, 9.17) is 9.47 Å². The highest BCUT2D eigenvalue weighted by Gasteiger charge is 2.01. The number of pyridine rings is 1. The molecule has 0 saturated carbocycles. The Kier molecular flexibility index (Phi) is 8.33. The molecule has 130 valence electrons. The van der Waals surface area contributed by atoms with Crippen LogP contribution in [0.1, 0.15) is 45.1 Å². The summed E-state index contributed by atoms with van der Waals surface area (Å²) in [5, 5.41) is 0. The summed E-state index contributed by atoms with van der Waals surface area (Å²) in [5.41, 5.74) is 3.38. The average molecular weight is 327 g/mol. The second-order valence-corrected chi connectivity index (χ2v) is 5.93. The molecule has 0 aliphatic heterocycles. The standard InChI is InChI=1S/C21H29NO2/c1-3-5-6-15-23-16-7-8-18-9-14-21(22-17-18)19-10-12-20(13-11-19)24-4-2/h9-14,17H,3-8,15-16H2,1-2H3. The fourth-order valence-corrected chi connectivity index (χ4v) is 2.57. The maximum absolute atomic E-state index is 5.65. The summed E-state index contributed by atoms with van der Waals surface area (Å²) in [7, 11) is 0. The van der Waals surface area contributed by atoms with E-state index in [1.165, 1.54) is 24.8 Å². The summed E-state index contributed by atoms with van der Waals surface area (Å²) in [5.74, 6) is 0.900. The number of hydrogen-bond acceptors (Lipinski definition) is 3. The Hall–Kier alpha value is -1.87. The maximum Gasteiger partial charge on any atom is 0.119 e. The molecule has 24 heavy (non-hydrogen) atoms. The molecule has 0 amide bonds. The molecule has 0 aliphatic rings. The van der Waals surface area contributed by atoms with Gasteiger partial charge in [0.1, 0.15) is 5.75 Å². The van der Waals surface area contributed by atoms with Gasteiger partial charge in [-0.25, -0.2) is 0 Å². The van der Waals surface area contributed by atoms with Gasteiger partial charge >= 0.3 is 0 Å². The highest BCUT2D eigenvalue weighted by Crippen LogP contribution is 2.21. The Labute approximate surface area is 146 Å². The summed E-state index contributed by atoms with van der Waals surface area (Å²) in [6, 6.07) is 12.3. The second-order valence-electron chi connectivity index (χ2n) is 5.93. The fourth-order valence-electron chi connectivity index (χ4n) is 2.57. The minimum Gasteiger partial charge on any atom is -0.494 e. The van der Waals surface area contributed by atoms with Crippen LogP contribution in [0, 0.1) is 0 Å². The zero-order valence-electron chi connectivity index (χ0n) is 15.0. The minimum atomic E-state index is 0.689. The smallest absolute Gasteiger partial charge is 0.119 e. The highest BCUT2D eigenvalue weighted by molar-refractivity contribution is 5.60. The number of aromatic nitrogens is 1.